The average molecular weight is 666 g/mol. The Kier molecular flexibility index (Phi) is 8.83. The van der Waals surface area contributed by atoms with Crippen molar-refractivity contribution in [2.75, 3.05) is 31.7 Å². The molecule has 7 rings (SSSR count). The predicted molar refractivity (Wildman–Crippen MR) is 180 cm³/mol. The van der Waals surface area contributed by atoms with Crippen LogP contribution in [-0.2, 0) is 20.9 Å². The van der Waals surface area contributed by atoms with Gasteiger partial charge < -0.3 is 19.7 Å². The molecule has 1 saturated heterocycles. The van der Waals surface area contributed by atoms with E-state index in [1.165, 1.54) is 28.4 Å². The van der Waals surface area contributed by atoms with Crippen molar-refractivity contribution in [3.8, 4) is 27.4 Å². The van der Waals surface area contributed by atoms with Crippen LogP contribution >= 0.6 is 11.3 Å². The highest BCUT2D eigenvalue weighted by molar-refractivity contribution is 7.21. The third-order valence-corrected chi connectivity index (χ3v) is 9.50. The fourth-order valence-electron chi connectivity index (χ4n) is 6.02. The molecule has 4 heterocycles. The van der Waals surface area contributed by atoms with Gasteiger partial charge in [0.1, 0.15) is 35.0 Å². The van der Waals surface area contributed by atoms with E-state index in [1.54, 1.807) is 24.4 Å². The van der Waals surface area contributed by atoms with E-state index in [-0.39, 0.29) is 24.1 Å². The number of halogens is 1. The number of amides is 3. The van der Waals surface area contributed by atoms with Crippen molar-refractivity contribution in [3.05, 3.63) is 95.4 Å². The molecule has 0 radical (unpaired) electrons. The van der Waals surface area contributed by atoms with Crippen molar-refractivity contribution in [1.82, 2.24) is 20.2 Å². The summed E-state index contributed by atoms with van der Waals surface area (Å²) >= 11 is 1.48. The number of carbonyl (C=O) groups excluding carboxylic acids is 3. The zero-order chi connectivity index (χ0) is 33.2. The number of fused-ring (bicyclic) bond motifs is 2. The lowest BCUT2D eigenvalue weighted by Gasteiger charge is -2.29. The Labute approximate surface area is 279 Å². The molecule has 1 atom stereocenters. The van der Waals surface area contributed by atoms with Gasteiger partial charge >= 0.3 is 0 Å². The van der Waals surface area contributed by atoms with E-state index in [0.29, 0.717) is 50.6 Å². The highest BCUT2D eigenvalue weighted by Crippen LogP contribution is 2.35. The summed E-state index contributed by atoms with van der Waals surface area (Å²) in [6.07, 6.45) is 2.31. The van der Waals surface area contributed by atoms with Crippen LogP contribution in [0.4, 0.5) is 10.2 Å². The van der Waals surface area contributed by atoms with Gasteiger partial charge in [0.05, 0.1) is 23.4 Å². The Hall–Kier alpha value is -5.20. The molecule has 48 heavy (non-hydrogen) atoms. The molecule has 1 unspecified atom stereocenters. The highest BCUT2D eigenvalue weighted by atomic mass is 32.1. The van der Waals surface area contributed by atoms with Gasteiger partial charge in [-0.3, -0.25) is 19.7 Å². The number of benzene rings is 3. The second kappa shape index (κ2) is 13.5. The number of thiazole rings is 1. The molecule has 5 aromatic rings. The van der Waals surface area contributed by atoms with Gasteiger partial charge in [-0.1, -0.05) is 18.2 Å². The summed E-state index contributed by atoms with van der Waals surface area (Å²) in [5.41, 5.74) is 6.32. The number of anilines is 1. The summed E-state index contributed by atoms with van der Waals surface area (Å²) in [5, 5.41) is 6.49. The van der Waals surface area contributed by atoms with Crippen LogP contribution in [0, 0.1) is 12.7 Å². The summed E-state index contributed by atoms with van der Waals surface area (Å²) in [6, 6.07) is 19.5. The smallest absolute Gasteiger partial charge is 0.255 e. The van der Waals surface area contributed by atoms with E-state index in [9.17, 15) is 18.8 Å². The molecule has 3 aromatic carbocycles. The van der Waals surface area contributed by atoms with Crippen LogP contribution < -0.4 is 15.4 Å². The van der Waals surface area contributed by atoms with Crippen molar-refractivity contribution in [3.63, 3.8) is 0 Å². The number of rotatable bonds is 11. The zero-order valence-corrected chi connectivity index (χ0v) is 26.9. The van der Waals surface area contributed by atoms with Crippen molar-refractivity contribution < 1.29 is 28.2 Å². The maximum absolute atomic E-state index is 13.6. The van der Waals surface area contributed by atoms with E-state index >= 15 is 0 Å². The lowest BCUT2D eigenvalue weighted by atomic mass is 10.0. The van der Waals surface area contributed by atoms with Crippen molar-refractivity contribution >= 4 is 45.1 Å². The lowest BCUT2D eigenvalue weighted by molar-refractivity contribution is -0.136. The van der Waals surface area contributed by atoms with Gasteiger partial charge in [-0.25, -0.2) is 14.4 Å². The van der Waals surface area contributed by atoms with Crippen LogP contribution in [0.2, 0.25) is 0 Å². The number of carbonyl (C=O) groups is 3. The van der Waals surface area contributed by atoms with Crippen LogP contribution in [0.25, 0.3) is 31.9 Å². The van der Waals surface area contributed by atoms with E-state index < -0.39 is 11.9 Å². The van der Waals surface area contributed by atoms with Crippen LogP contribution in [0.1, 0.15) is 34.3 Å². The minimum absolute atomic E-state index is 0.213. The molecule has 244 valence electrons. The first-order valence-corrected chi connectivity index (χ1v) is 16.5. The van der Waals surface area contributed by atoms with Crippen molar-refractivity contribution in [2.45, 2.75) is 32.4 Å². The molecule has 10 nitrogen and oxygen atoms in total. The average Bonchev–Trinajstić information content (AvgIpc) is 3.64. The molecule has 0 bridgehead atoms. The number of pyridine rings is 1. The Bertz CT molecular complexity index is 2050. The van der Waals surface area contributed by atoms with E-state index in [0.717, 1.165) is 48.9 Å². The maximum Gasteiger partial charge on any atom is 0.255 e. The number of aromatic nitrogens is 2. The van der Waals surface area contributed by atoms with Crippen LogP contribution in [0.5, 0.6) is 5.75 Å². The van der Waals surface area contributed by atoms with Crippen LogP contribution in [0.15, 0.2) is 72.9 Å². The molecule has 0 spiro atoms. The number of imide groups is 1. The van der Waals surface area contributed by atoms with Gasteiger partial charge in [0.25, 0.3) is 5.91 Å². The monoisotopic (exact) mass is 665 g/mol. The second-order valence-corrected chi connectivity index (χ2v) is 12.7. The molecule has 0 aliphatic carbocycles. The summed E-state index contributed by atoms with van der Waals surface area (Å²) in [4.78, 5) is 47.3. The number of nitrogens with zero attached hydrogens (tertiary/aromatic N) is 3. The first-order chi connectivity index (χ1) is 23.3. The first-order valence-electron chi connectivity index (χ1n) is 15.7. The summed E-state index contributed by atoms with van der Waals surface area (Å²) in [7, 11) is 0. The highest BCUT2D eigenvalue weighted by Gasteiger charge is 2.39. The Morgan fingerprint density at radius 2 is 1.83 bits per heavy atom. The van der Waals surface area contributed by atoms with Gasteiger partial charge in [0.15, 0.2) is 0 Å². The SMILES string of the molecule is Cc1cc(-c2ccnc(NCCOCCOc3ccc4c(c3)CN(C3CCC(=O)NC3=O)C4=O)c2)ccc1-c1nc2ccc(F)cc2s1. The topological polar surface area (TPSA) is 123 Å². The predicted octanol–water partition coefficient (Wildman–Crippen LogP) is 5.74. The third kappa shape index (κ3) is 6.62. The number of hydrogen-bond donors (Lipinski definition) is 2. The molecular formula is C36H32FN5O5S. The van der Waals surface area contributed by atoms with Crippen LogP contribution in [-0.4, -0.2) is 65.0 Å². The normalized spacial score (nSPS) is 15.9. The zero-order valence-electron chi connectivity index (χ0n) is 26.1. The Morgan fingerprint density at radius 3 is 2.69 bits per heavy atom. The Morgan fingerprint density at radius 1 is 0.979 bits per heavy atom. The first kappa shape index (κ1) is 31.4. The van der Waals surface area contributed by atoms with Gasteiger partial charge in [-0.05, 0) is 84.1 Å². The Balaban J connectivity index is 0.866. The largest absolute Gasteiger partial charge is 0.491 e. The summed E-state index contributed by atoms with van der Waals surface area (Å²) in [5.74, 6) is 0.144. The molecule has 2 aromatic heterocycles. The molecule has 12 heteroatoms. The molecule has 2 aliphatic heterocycles. The fourth-order valence-corrected chi connectivity index (χ4v) is 7.10. The molecule has 2 N–H and O–H groups in total. The number of aryl methyl sites for hydroxylation is 1. The summed E-state index contributed by atoms with van der Waals surface area (Å²) in [6.45, 7) is 4.07. The van der Waals surface area contributed by atoms with Gasteiger partial charge in [0.2, 0.25) is 11.8 Å². The lowest BCUT2D eigenvalue weighted by Crippen LogP contribution is -2.52. The van der Waals surface area contributed by atoms with Gasteiger partial charge in [-0.2, -0.15) is 0 Å². The van der Waals surface area contributed by atoms with Crippen LogP contribution in [0.3, 0.4) is 0 Å². The molecule has 3 amide bonds. The van der Waals surface area contributed by atoms with Crippen molar-refractivity contribution in [1.29, 1.82) is 0 Å². The van der Waals surface area contributed by atoms with Crippen molar-refractivity contribution in [2.24, 2.45) is 0 Å². The molecular weight excluding hydrogens is 633 g/mol. The number of hydrogen-bond acceptors (Lipinski definition) is 9. The maximum atomic E-state index is 13.6. The standard InChI is InChI=1S/C36H32FN5O5S/c1-21-16-22(2-5-27(21)35-40-29-7-3-25(37)19-31(29)48-35)23-10-11-38-32(18-23)39-12-13-46-14-15-47-26-4-6-28-24(17-26)20-42(36(28)45)30-8-9-33(43)41-34(30)44/h2-7,10-11,16-19,30H,8-9,12-15,20H2,1H3,(H,38,39)(H,41,43,44). The minimum Gasteiger partial charge on any atom is -0.491 e. The number of ether oxygens (including phenoxy) is 2. The molecule has 1 fully saturated rings. The molecule has 2 aliphatic rings. The van der Waals surface area contributed by atoms with E-state index in [4.69, 9.17) is 14.5 Å². The van der Waals surface area contributed by atoms with Gasteiger partial charge in [-0.15, -0.1) is 11.3 Å². The molecule has 0 saturated carbocycles. The number of piperidine rings is 1. The minimum atomic E-state index is -0.645. The van der Waals surface area contributed by atoms with E-state index in [1.807, 2.05) is 18.2 Å². The third-order valence-electron chi connectivity index (χ3n) is 8.44. The fraction of sp³-hybridized carbons (Fsp3) is 0.250. The quantitative estimate of drug-likeness (QED) is 0.135. The van der Waals surface area contributed by atoms with Gasteiger partial charge in [0, 0.05) is 36.8 Å². The second-order valence-electron chi connectivity index (χ2n) is 11.7. The summed E-state index contributed by atoms with van der Waals surface area (Å²) < 4.78 is 26.1. The van der Waals surface area contributed by atoms with E-state index in [2.05, 4.69) is 40.7 Å². The number of nitrogens with one attached hydrogen (secondary N) is 2.